The molecule has 3 aromatic rings. The van der Waals surface area contributed by atoms with Gasteiger partial charge in [-0.25, -0.2) is 0 Å². The van der Waals surface area contributed by atoms with Crippen LogP contribution >= 0.6 is 23.1 Å². The molecule has 0 aliphatic carbocycles. The van der Waals surface area contributed by atoms with Gasteiger partial charge < -0.3 is 18.5 Å². The maximum atomic E-state index is 12.3. The van der Waals surface area contributed by atoms with Crippen LogP contribution in [0.1, 0.15) is 10.6 Å². The second-order valence-corrected chi connectivity index (χ2v) is 7.09. The van der Waals surface area contributed by atoms with Gasteiger partial charge in [0.1, 0.15) is 0 Å². The van der Waals surface area contributed by atoms with E-state index < -0.39 is 0 Å². The molecule has 1 amide bonds. The lowest BCUT2D eigenvalue weighted by atomic mass is 10.3. The number of thiazole rings is 1. The van der Waals surface area contributed by atoms with Crippen LogP contribution in [0.5, 0.6) is 11.5 Å². The van der Waals surface area contributed by atoms with Crippen molar-refractivity contribution < 1.29 is 18.7 Å². The minimum absolute atomic E-state index is 0.234. The second-order valence-electron chi connectivity index (χ2n) is 5.10. The van der Waals surface area contributed by atoms with Crippen molar-refractivity contribution in [1.29, 1.82) is 0 Å². The zero-order valence-electron chi connectivity index (χ0n) is 12.9. The molecule has 24 heavy (non-hydrogen) atoms. The highest BCUT2D eigenvalue weighted by molar-refractivity contribution is 7.98. The standard InChI is InChI=1S/C16H14N2O4S2/c1-23-6-4-18-10-7-12-13(22-9-21-12)8-14(10)24-16(18)17-15(19)11-3-2-5-20-11/h2-3,5,7-8H,4,6,9H2,1H3. The van der Waals surface area contributed by atoms with Crippen LogP contribution in [-0.4, -0.2) is 29.3 Å². The van der Waals surface area contributed by atoms with E-state index in [1.54, 1.807) is 23.9 Å². The van der Waals surface area contributed by atoms with E-state index in [0.29, 0.717) is 4.80 Å². The predicted molar refractivity (Wildman–Crippen MR) is 92.9 cm³/mol. The number of aromatic nitrogens is 1. The maximum absolute atomic E-state index is 12.3. The van der Waals surface area contributed by atoms with Gasteiger partial charge in [-0.2, -0.15) is 16.8 Å². The molecule has 0 N–H and O–H groups in total. The molecule has 0 saturated carbocycles. The van der Waals surface area contributed by atoms with E-state index in [2.05, 4.69) is 11.2 Å². The van der Waals surface area contributed by atoms with Crippen molar-refractivity contribution in [2.24, 2.45) is 4.99 Å². The summed E-state index contributed by atoms with van der Waals surface area (Å²) < 4.78 is 19.1. The molecule has 0 atom stereocenters. The van der Waals surface area contributed by atoms with Gasteiger partial charge in [-0.05, 0) is 18.4 Å². The first-order valence-electron chi connectivity index (χ1n) is 7.31. The number of rotatable bonds is 4. The molecule has 1 aliphatic heterocycles. The Morgan fingerprint density at radius 3 is 2.96 bits per heavy atom. The van der Waals surface area contributed by atoms with Gasteiger partial charge in [0.2, 0.25) is 6.79 Å². The van der Waals surface area contributed by atoms with Crippen molar-refractivity contribution in [2.75, 3.05) is 18.8 Å². The van der Waals surface area contributed by atoms with E-state index in [9.17, 15) is 4.79 Å². The molecule has 6 nitrogen and oxygen atoms in total. The lowest BCUT2D eigenvalue weighted by Gasteiger charge is -2.04. The Bertz CT molecular complexity index is 957. The van der Waals surface area contributed by atoms with Crippen molar-refractivity contribution in [1.82, 2.24) is 4.57 Å². The second kappa shape index (κ2) is 6.37. The Morgan fingerprint density at radius 2 is 2.21 bits per heavy atom. The van der Waals surface area contributed by atoms with Gasteiger partial charge in [0.15, 0.2) is 22.1 Å². The highest BCUT2D eigenvalue weighted by Crippen LogP contribution is 2.37. The molecule has 124 valence electrons. The third-order valence-corrected chi connectivity index (χ3v) is 5.26. The van der Waals surface area contributed by atoms with Crippen molar-refractivity contribution in [3.05, 3.63) is 41.1 Å². The maximum Gasteiger partial charge on any atom is 0.315 e. The van der Waals surface area contributed by atoms with Gasteiger partial charge in [-0.1, -0.05) is 11.3 Å². The number of hydrogen-bond acceptors (Lipinski definition) is 6. The highest BCUT2D eigenvalue weighted by atomic mass is 32.2. The quantitative estimate of drug-likeness (QED) is 0.713. The molecule has 0 saturated heterocycles. The predicted octanol–water partition coefficient (Wildman–Crippen LogP) is 3.13. The van der Waals surface area contributed by atoms with E-state index in [-0.39, 0.29) is 18.5 Å². The van der Waals surface area contributed by atoms with E-state index >= 15 is 0 Å². The van der Waals surface area contributed by atoms with Crippen LogP contribution in [-0.2, 0) is 6.54 Å². The number of thioether (sulfide) groups is 1. The van der Waals surface area contributed by atoms with E-state index in [1.165, 1.54) is 17.6 Å². The molecule has 1 aliphatic rings. The Hall–Kier alpha value is -2.19. The summed E-state index contributed by atoms with van der Waals surface area (Å²) in [5, 5.41) is 0. The first kappa shape index (κ1) is 15.3. The van der Waals surface area contributed by atoms with Crippen molar-refractivity contribution in [3.63, 3.8) is 0 Å². The number of nitrogens with zero attached hydrogens (tertiary/aromatic N) is 2. The van der Waals surface area contributed by atoms with Crippen LogP contribution in [0.2, 0.25) is 0 Å². The molecule has 0 radical (unpaired) electrons. The Kier molecular flexibility index (Phi) is 4.07. The molecule has 0 fully saturated rings. The first-order chi connectivity index (χ1) is 11.8. The zero-order chi connectivity index (χ0) is 16.5. The van der Waals surface area contributed by atoms with Crippen LogP contribution in [0.4, 0.5) is 0 Å². The van der Waals surface area contributed by atoms with Crippen LogP contribution in [0.15, 0.2) is 39.9 Å². The smallest absolute Gasteiger partial charge is 0.315 e. The van der Waals surface area contributed by atoms with Gasteiger partial charge in [-0.3, -0.25) is 4.79 Å². The summed E-state index contributed by atoms with van der Waals surface area (Å²) in [6.45, 7) is 0.997. The summed E-state index contributed by atoms with van der Waals surface area (Å²) in [5.41, 5.74) is 0.990. The van der Waals surface area contributed by atoms with Gasteiger partial charge in [0.25, 0.3) is 0 Å². The summed E-state index contributed by atoms with van der Waals surface area (Å²) in [7, 11) is 0. The largest absolute Gasteiger partial charge is 0.459 e. The van der Waals surface area contributed by atoms with Gasteiger partial charge in [-0.15, -0.1) is 0 Å². The fraction of sp³-hybridized carbons (Fsp3) is 0.250. The van der Waals surface area contributed by atoms with Gasteiger partial charge >= 0.3 is 5.91 Å². The molecule has 4 rings (SSSR count). The average Bonchev–Trinajstić information content (AvgIpc) is 3.30. The zero-order valence-corrected chi connectivity index (χ0v) is 14.5. The third-order valence-electron chi connectivity index (χ3n) is 3.63. The van der Waals surface area contributed by atoms with Crippen LogP contribution in [0.25, 0.3) is 10.2 Å². The normalized spacial score (nSPS) is 13.8. The van der Waals surface area contributed by atoms with E-state index in [0.717, 1.165) is 34.0 Å². The van der Waals surface area contributed by atoms with E-state index in [1.807, 2.05) is 16.7 Å². The lowest BCUT2D eigenvalue weighted by molar-refractivity contribution is 0.0971. The minimum Gasteiger partial charge on any atom is -0.459 e. The fourth-order valence-electron chi connectivity index (χ4n) is 2.49. The summed E-state index contributed by atoms with van der Waals surface area (Å²) in [4.78, 5) is 17.2. The molecule has 0 spiro atoms. The third kappa shape index (κ3) is 2.71. The van der Waals surface area contributed by atoms with Crippen molar-refractivity contribution >= 4 is 39.2 Å². The average molecular weight is 362 g/mol. The summed E-state index contributed by atoms with van der Waals surface area (Å²) in [6, 6.07) is 7.18. The number of carbonyl (C=O) groups is 1. The molecule has 0 unspecified atom stereocenters. The molecule has 8 heteroatoms. The number of hydrogen-bond donors (Lipinski definition) is 0. The number of amides is 1. The molecule has 0 bridgehead atoms. The number of ether oxygens (including phenoxy) is 2. The molecular weight excluding hydrogens is 348 g/mol. The molecular formula is C16H14N2O4S2. The summed E-state index contributed by atoms with van der Waals surface area (Å²) >= 11 is 3.20. The van der Waals surface area contributed by atoms with E-state index in [4.69, 9.17) is 13.9 Å². The van der Waals surface area contributed by atoms with Gasteiger partial charge in [0.05, 0.1) is 16.5 Å². The van der Waals surface area contributed by atoms with Crippen molar-refractivity contribution in [3.8, 4) is 11.5 Å². The van der Waals surface area contributed by atoms with Crippen LogP contribution < -0.4 is 14.3 Å². The number of benzene rings is 1. The Balaban J connectivity index is 1.86. The topological polar surface area (TPSA) is 66.0 Å². The Morgan fingerprint density at radius 1 is 1.38 bits per heavy atom. The Labute approximate surface area is 145 Å². The molecule has 3 heterocycles. The minimum atomic E-state index is -0.385. The molecule has 1 aromatic carbocycles. The highest BCUT2D eigenvalue weighted by Gasteiger charge is 2.18. The lowest BCUT2D eigenvalue weighted by Crippen LogP contribution is -2.18. The molecule has 2 aromatic heterocycles. The summed E-state index contributed by atoms with van der Waals surface area (Å²) in [5.74, 6) is 2.22. The summed E-state index contributed by atoms with van der Waals surface area (Å²) in [6.07, 6.45) is 3.52. The first-order valence-corrected chi connectivity index (χ1v) is 9.52. The fourth-order valence-corrected chi connectivity index (χ4v) is 3.92. The number of carbonyl (C=O) groups excluding carboxylic acids is 1. The SMILES string of the molecule is CSCCn1c(=NC(=O)c2ccco2)sc2cc3c(cc21)OCO3. The number of furan rings is 1. The van der Waals surface area contributed by atoms with Crippen LogP contribution in [0.3, 0.4) is 0 Å². The van der Waals surface area contributed by atoms with Crippen molar-refractivity contribution in [2.45, 2.75) is 6.54 Å². The van der Waals surface area contributed by atoms with Gasteiger partial charge in [0, 0.05) is 24.4 Å². The van der Waals surface area contributed by atoms with Crippen LogP contribution in [0, 0.1) is 0 Å². The number of aryl methyl sites for hydroxylation is 1. The number of fused-ring (bicyclic) bond motifs is 2. The monoisotopic (exact) mass is 362 g/mol.